The fraction of sp³-hybridized carbons (Fsp3) is 0.444. The predicted molar refractivity (Wildman–Crippen MR) is 84.0 cm³/mol. The van der Waals surface area contributed by atoms with Gasteiger partial charge in [0.2, 0.25) is 0 Å². The van der Waals surface area contributed by atoms with Crippen molar-refractivity contribution in [3.8, 4) is 0 Å². The van der Waals surface area contributed by atoms with Crippen LogP contribution in [0.3, 0.4) is 0 Å². The van der Waals surface area contributed by atoms with Gasteiger partial charge < -0.3 is 9.73 Å². The maximum atomic E-state index is 5.33. The second-order valence-corrected chi connectivity index (χ2v) is 6.38. The van der Waals surface area contributed by atoms with Crippen LogP contribution in [0.1, 0.15) is 50.6 Å². The van der Waals surface area contributed by atoms with Crippen LogP contribution in [0.4, 0.5) is 0 Å². The molecule has 108 valence electrons. The molecule has 20 heavy (non-hydrogen) atoms. The van der Waals surface area contributed by atoms with Crippen LogP contribution in [-0.4, -0.2) is 6.54 Å². The van der Waals surface area contributed by atoms with Gasteiger partial charge in [0.05, 0.1) is 6.26 Å². The van der Waals surface area contributed by atoms with E-state index in [1.54, 1.807) is 6.26 Å². The maximum absolute atomic E-state index is 5.33. The van der Waals surface area contributed by atoms with E-state index in [-0.39, 0.29) is 5.41 Å². The predicted octanol–water partition coefficient (Wildman–Crippen LogP) is 4.47. The average Bonchev–Trinajstić information content (AvgIpc) is 2.91. The lowest BCUT2D eigenvalue weighted by Gasteiger charge is -2.20. The van der Waals surface area contributed by atoms with Crippen LogP contribution < -0.4 is 5.32 Å². The van der Waals surface area contributed by atoms with E-state index < -0.39 is 0 Å². The SMILES string of the molecule is CC(NCCc1ccco1)c1ccc(C(C)(C)C)cc1. The summed E-state index contributed by atoms with van der Waals surface area (Å²) in [6, 6.07) is 13.2. The number of nitrogens with one attached hydrogen (secondary N) is 1. The Hall–Kier alpha value is -1.54. The Morgan fingerprint density at radius 1 is 1.10 bits per heavy atom. The summed E-state index contributed by atoms with van der Waals surface area (Å²) < 4.78 is 5.33. The highest BCUT2D eigenvalue weighted by molar-refractivity contribution is 5.29. The molecule has 0 bridgehead atoms. The van der Waals surface area contributed by atoms with E-state index >= 15 is 0 Å². The normalized spacial score (nSPS) is 13.4. The summed E-state index contributed by atoms with van der Waals surface area (Å²) in [6.07, 6.45) is 2.65. The van der Waals surface area contributed by atoms with E-state index in [0.29, 0.717) is 6.04 Å². The lowest BCUT2D eigenvalue weighted by Crippen LogP contribution is -2.21. The van der Waals surface area contributed by atoms with Gasteiger partial charge in [-0.15, -0.1) is 0 Å². The molecule has 2 heteroatoms. The maximum Gasteiger partial charge on any atom is 0.105 e. The molecule has 2 rings (SSSR count). The fourth-order valence-corrected chi connectivity index (χ4v) is 2.26. The highest BCUT2D eigenvalue weighted by atomic mass is 16.3. The Balaban J connectivity index is 1.87. The molecule has 0 fully saturated rings. The van der Waals surface area contributed by atoms with Crippen molar-refractivity contribution in [3.63, 3.8) is 0 Å². The van der Waals surface area contributed by atoms with E-state index in [9.17, 15) is 0 Å². The Bertz CT molecular complexity index is 505. The molecule has 0 amide bonds. The fourth-order valence-electron chi connectivity index (χ4n) is 2.26. The van der Waals surface area contributed by atoms with Gasteiger partial charge in [-0.3, -0.25) is 0 Å². The molecule has 1 N–H and O–H groups in total. The monoisotopic (exact) mass is 271 g/mol. The first kappa shape index (κ1) is 14.9. The number of hydrogen-bond acceptors (Lipinski definition) is 2. The van der Waals surface area contributed by atoms with Crippen LogP contribution in [0.5, 0.6) is 0 Å². The molecule has 1 unspecified atom stereocenters. The van der Waals surface area contributed by atoms with Crippen LogP contribution in [0.15, 0.2) is 47.1 Å². The molecule has 1 aromatic carbocycles. The second kappa shape index (κ2) is 6.27. The molecule has 0 spiro atoms. The molecule has 1 heterocycles. The van der Waals surface area contributed by atoms with Gasteiger partial charge >= 0.3 is 0 Å². The number of benzene rings is 1. The minimum absolute atomic E-state index is 0.217. The van der Waals surface area contributed by atoms with Crippen LogP contribution in [0.2, 0.25) is 0 Å². The first-order valence-corrected chi connectivity index (χ1v) is 7.33. The number of rotatable bonds is 5. The zero-order valence-electron chi connectivity index (χ0n) is 12.9. The van der Waals surface area contributed by atoms with Gasteiger partial charge in [0, 0.05) is 19.0 Å². The summed E-state index contributed by atoms with van der Waals surface area (Å²) in [5.41, 5.74) is 2.93. The Morgan fingerprint density at radius 2 is 1.80 bits per heavy atom. The van der Waals surface area contributed by atoms with Crippen molar-refractivity contribution >= 4 is 0 Å². The third-order valence-electron chi connectivity index (χ3n) is 3.68. The Labute approximate surface area is 122 Å². The molecule has 2 aromatic rings. The second-order valence-electron chi connectivity index (χ2n) is 6.38. The van der Waals surface area contributed by atoms with Gasteiger partial charge in [0.25, 0.3) is 0 Å². The van der Waals surface area contributed by atoms with Crippen molar-refractivity contribution in [2.75, 3.05) is 6.54 Å². The van der Waals surface area contributed by atoms with Crippen molar-refractivity contribution in [1.82, 2.24) is 5.32 Å². The van der Waals surface area contributed by atoms with E-state index in [0.717, 1.165) is 18.7 Å². The van der Waals surface area contributed by atoms with Crippen molar-refractivity contribution < 1.29 is 4.42 Å². The third-order valence-corrected chi connectivity index (χ3v) is 3.68. The molecule has 0 aliphatic heterocycles. The van der Waals surface area contributed by atoms with Gasteiger partial charge in [-0.25, -0.2) is 0 Å². The van der Waals surface area contributed by atoms with Gasteiger partial charge in [-0.05, 0) is 35.6 Å². The summed E-state index contributed by atoms with van der Waals surface area (Å²) in [4.78, 5) is 0. The molecular weight excluding hydrogens is 246 g/mol. The van der Waals surface area contributed by atoms with Gasteiger partial charge in [-0.1, -0.05) is 45.0 Å². The smallest absolute Gasteiger partial charge is 0.105 e. The Kier molecular flexibility index (Phi) is 4.66. The van der Waals surface area contributed by atoms with Crippen LogP contribution in [0, 0.1) is 0 Å². The van der Waals surface area contributed by atoms with Crippen molar-refractivity contribution in [2.24, 2.45) is 0 Å². The molecule has 2 nitrogen and oxygen atoms in total. The number of furan rings is 1. The quantitative estimate of drug-likeness (QED) is 0.868. The van der Waals surface area contributed by atoms with Crippen LogP contribution in [-0.2, 0) is 11.8 Å². The summed E-state index contributed by atoms with van der Waals surface area (Å²) in [5.74, 6) is 1.03. The minimum atomic E-state index is 0.217. The van der Waals surface area contributed by atoms with Crippen molar-refractivity contribution in [3.05, 3.63) is 59.5 Å². The molecule has 0 saturated heterocycles. The van der Waals surface area contributed by atoms with Crippen LogP contribution in [0.25, 0.3) is 0 Å². The third kappa shape index (κ3) is 3.97. The molecule has 0 aliphatic carbocycles. The van der Waals surface area contributed by atoms with Crippen molar-refractivity contribution in [2.45, 2.75) is 45.6 Å². The van der Waals surface area contributed by atoms with E-state index in [2.05, 4.69) is 57.3 Å². The summed E-state index contributed by atoms with van der Waals surface area (Å²) in [7, 11) is 0. The standard InChI is InChI=1S/C18H25NO/c1-14(19-12-11-17-6-5-13-20-17)15-7-9-16(10-8-15)18(2,3)4/h5-10,13-14,19H,11-12H2,1-4H3. The van der Waals surface area contributed by atoms with Gasteiger partial charge in [0.15, 0.2) is 0 Å². The van der Waals surface area contributed by atoms with E-state index in [1.807, 2.05) is 12.1 Å². The van der Waals surface area contributed by atoms with Gasteiger partial charge in [0.1, 0.15) is 5.76 Å². The van der Waals surface area contributed by atoms with Crippen molar-refractivity contribution in [1.29, 1.82) is 0 Å². The first-order chi connectivity index (χ1) is 9.47. The van der Waals surface area contributed by atoms with Gasteiger partial charge in [-0.2, -0.15) is 0 Å². The average molecular weight is 271 g/mol. The first-order valence-electron chi connectivity index (χ1n) is 7.33. The lowest BCUT2D eigenvalue weighted by atomic mass is 9.86. The zero-order valence-corrected chi connectivity index (χ0v) is 12.9. The molecule has 0 radical (unpaired) electrons. The molecule has 1 aromatic heterocycles. The molecular formula is C18H25NO. The number of hydrogen-bond donors (Lipinski definition) is 1. The lowest BCUT2D eigenvalue weighted by molar-refractivity contribution is 0.486. The minimum Gasteiger partial charge on any atom is -0.469 e. The molecule has 0 saturated carbocycles. The van der Waals surface area contributed by atoms with E-state index in [4.69, 9.17) is 4.42 Å². The summed E-state index contributed by atoms with van der Waals surface area (Å²) >= 11 is 0. The van der Waals surface area contributed by atoms with E-state index in [1.165, 1.54) is 11.1 Å². The highest BCUT2D eigenvalue weighted by Gasteiger charge is 2.13. The van der Waals surface area contributed by atoms with Crippen LogP contribution >= 0.6 is 0 Å². The zero-order chi connectivity index (χ0) is 14.6. The molecule has 0 aliphatic rings. The molecule has 1 atom stereocenters. The highest BCUT2D eigenvalue weighted by Crippen LogP contribution is 2.23. The summed E-state index contributed by atoms with van der Waals surface area (Å²) in [6.45, 7) is 9.86. The largest absolute Gasteiger partial charge is 0.469 e. The topological polar surface area (TPSA) is 25.2 Å². The summed E-state index contributed by atoms with van der Waals surface area (Å²) in [5, 5.41) is 3.54. The Morgan fingerprint density at radius 3 is 2.35 bits per heavy atom.